The first-order valence-electron chi connectivity index (χ1n) is 7.46. The highest BCUT2D eigenvalue weighted by Crippen LogP contribution is 2.30. The minimum absolute atomic E-state index is 0.379. The van der Waals surface area contributed by atoms with Crippen molar-refractivity contribution in [1.82, 2.24) is 0 Å². The highest BCUT2D eigenvalue weighted by Gasteiger charge is 2.20. The van der Waals surface area contributed by atoms with Crippen LogP contribution in [0.4, 0.5) is 5.69 Å². The predicted octanol–water partition coefficient (Wildman–Crippen LogP) is 4.21. The van der Waals surface area contributed by atoms with Gasteiger partial charge in [-0.2, -0.15) is 0 Å². The van der Waals surface area contributed by atoms with Crippen LogP contribution in [-0.4, -0.2) is 11.9 Å². The summed E-state index contributed by atoms with van der Waals surface area (Å²) in [5.41, 5.74) is 6.60. The number of halogens is 1. The van der Waals surface area contributed by atoms with Gasteiger partial charge >= 0.3 is 0 Å². The minimum Gasteiger partial charge on any atom is -0.382 e. The average Bonchev–Trinajstić information content (AvgIpc) is 2.41. The molecule has 0 saturated heterocycles. The van der Waals surface area contributed by atoms with Gasteiger partial charge in [0.05, 0.1) is 10.6 Å². The predicted molar refractivity (Wildman–Crippen MR) is 84.2 cm³/mol. The topological polar surface area (TPSA) is 55.1 Å². The van der Waals surface area contributed by atoms with Crippen molar-refractivity contribution in [1.29, 1.82) is 0 Å². The number of carbonyl (C=O) groups excluding carboxylic acids is 1. The SMILES string of the molecule is CCCC1CCC(Nc2ccc(C(N)=O)c(Cl)c2)CC1. The molecule has 0 aromatic heterocycles. The second kappa shape index (κ2) is 6.98. The van der Waals surface area contributed by atoms with E-state index in [1.807, 2.05) is 6.07 Å². The molecule has 1 amide bonds. The van der Waals surface area contributed by atoms with Crippen LogP contribution in [0.3, 0.4) is 0 Å². The first kappa shape index (κ1) is 15.2. The average molecular weight is 295 g/mol. The lowest BCUT2D eigenvalue weighted by molar-refractivity contribution is 0.100. The molecular formula is C16H23ClN2O. The maximum absolute atomic E-state index is 11.1. The Hall–Kier alpha value is -1.22. The molecule has 1 aromatic rings. The summed E-state index contributed by atoms with van der Waals surface area (Å²) in [6.07, 6.45) is 7.66. The molecule has 3 nitrogen and oxygen atoms in total. The molecule has 0 atom stereocenters. The summed E-state index contributed by atoms with van der Waals surface area (Å²) >= 11 is 6.07. The highest BCUT2D eigenvalue weighted by atomic mass is 35.5. The van der Waals surface area contributed by atoms with Gasteiger partial charge in [-0.3, -0.25) is 4.79 Å². The number of nitrogens with one attached hydrogen (secondary N) is 1. The smallest absolute Gasteiger partial charge is 0.250 e. The molecule has 0 radical (unpaired) electrons. The zero-order valence-corrected chi connectivity index (χ0v) is 12.7. The first-order chi connectivity index (χ1) is 9.60. The van der Waals surface area contributed by atoms with Crippen LogP contribution in [0.25, 0.3) is 0 Å². The number of benzene rings is 1. The monoisotopic (exact) mass is 294 g/mol. The van der Waals surface area contributed by atoms with E-state index in [1.54, 1.807) is 12.1 Å². The third-order valence-electron chi connectivity index (χ3n) is 4.15. The summed E-state index contributed by atoms with van der Waals surface area (Å²) in [4.78, 5) is 11.1. The van der Waals surface area contributed by atoms with Crippen LogP contribution >= 0.6 is 11.6 Å². The van der Waals surface area contributed by atoms with Gasteiger partial charge in [-0.1, -0.05) is 31.4 Å². The zero-order valence-electron chi connectivity index (χ0n) is 12.0. The van der Waals surface area contributed by atoms with Gasteiger partial charge in [0, 0.05) is 11.7 Å². The molecule has 1 saturated carbocycles. The van der Waals surface area contributed by atoms with Gasteiger partial charge in [0.2, 0.25) is 5.91 Å². The molecule has 1 aliphatic carbocycles. The van der Waals surface area contributed by atoms with Crippen molar-refractivity contribution in [3.8, 4) is 0 Å². The lowest BCUT2D eigenvalue weighted by atomic mass is 9.83. The molecule has 0 spiro atoms. The van der Waals surface area contributed by atoms with E-state index in [9.17, 15) is 4.79 Å². The molecule has 110 valence electrons. The summed E-state index contributed by atoms with van der Waals surface area (Å²) in [7, 11) is 0. The fourth-order valence-corrected chi connectivity index (χ4v) is 3.32. The van der Waals surface area contributed by atoms with E-state index in [-0.39, 0.29) is 0 Å². The van der Waals surface area contributed by atoms with Crippen LogP contribution in [0.1, 0.15) is 55.8 Å². The van der Waals surface area contributed by atoms with Gasteiger partial charge in [0.15, 0.2) is 0 Å². The van der Waals surface area contributed by atoms with Crippen LogP contribution < -0.4 is 11.1 Å². The Kier molecular flexibility index (Phi) is 5.30. The summed E-state index contributed by atoms with van der Waals surface area (Å²) in [6, 6.07) is 5.87. The minimum atomic E-state index is -0.485. The number of primary amides is 1. The zero-order chi connectivity index (χ0) is 14.5. The van der Waals surface area contributed by atoms with E-state index < -0.39 is 5.91 Å². The molecule has 3 N–H and O–H groups in total. The number of hydrogen-bond acceptors (Lipinski definition) is 2. The van der Waals surface area contributed by atoms with Crippen molar-refractivity contribution in [2.75, 3.05) is 5.32 Å². The van der Waals surface area contributed by atoms with Crippen molar-refractivity contribution in [3.05, 3.63) is 28.8 Å². The highest BCUT2D eigenvalue weighted by molar-refractivity contribution is 6.34. The van der Waals surface area contributed by atoms with Crippen LogP contribution in [0.15, 0.2) is 18.2 Å². The Morgan fingerprint density at radius 1 is 1.35 bits per heavy atom. The Labute approximate surface area is 125 Å². The van der Waals surface area contributed by atoms with Crippen LogP contribution in [-0.2, 0) is 0 Å². The van der Waals surface area contributed by atoms with Crippen molar-refractivity contribution in [2.45, 2.75) is 51.5 Å². The van der Waals surface area contributed by atoms with Gasteiger partial charge in [-0.05, 0) is 49.8 Å². The molecule has 1 fully saturated rings. The first-order valence-corrected chi connectivity index (χ1v) is 7.83. The summed E-state index contributed by atoms with van der Waals surface area (Å²) in [5.74, 6) is 0.417. The van der Waals surface area contributed by atoms with Crippen LogP contribution in [0.2, 0.25) is 5.02 Å². The number of carbonyl (C=O) groups is 1. The van der Waals surface area contributed by atoms with Crippen molar-refractivity contribution in [2.24, 2.45) is 11.7 Å². The maximum atomic E-state index is 11.1. The quantitative estimate of drug-likeness (QED) is 0.854. The lowest BCUT2D eigenvalue weighted by Crippen LogP contribution is -2.26. The Morgan fingerprint density at radius 2 is 2.05 bits per heavy atom. The molecular weight excluding hydrogens is 272 g/mol. The van der Waals surface area contributed by atoms with E-state index in [0.717, 1.165) is 11.6 Å². The molecule has 0 aliphatic heterocycles. The third kappa shape index (κ3) is 3.89. The van der Waals surface area contributed by atoms with E-state index >= 15 is 0 Å². The van der Waals surface area contributed by atoms with Crippen LogP contribution in [0, 0.1) is 5.92 Å². The number of anilines is 1. The van der Waals surface area contributed by atoms with Gasteiger partial charge in [0.1, 0.15) is 0 Å². The molecule has 0 bridgehead atoms. The molecule has 0 unspecified atom stereocenters. The fourth-order valence-electron chi connectivity index (χ4n) is 3.04. The van der Waals surface area contributed by atoms with Crippen LogP contribution in [0.5, 0.6) is 0 Å². The largest absolute Gasteiger partial charge is 0.382 e. The summed E-state index contributed by atoms with van der Waals surface area (Å²) in [5, 5.41) is 3.93. The molecule has 1 aliphatic rings. The van der Waals surface area contributed by atoms with Gasteiger partial charge < -0.3 is 11.1 Å². The number of hydrogen-bond donors (Lipinski definition) is 2. The Bertz CT molecular complexity index is 468. The molecule has 1 aromatic carbocycles. The normalized spacial score (nSPS) is 22.5. The van der Waals surface area contributed by atoms with Crippen molar-refractivity contribution >= 4 is 23.2 Å². The number of rotatable bonds is 5. The maximum Gasteiger partial charge on any atom is 0.250 e. The van der Waals surface area contributed by atoms with E-state index in [1.165, 1.54) is 38.5 Å². The standard InChI is InChI=1S/C16H23ClN2O/c1-2-3-11-4-6-12(7-5-11)19-13-8-9-14(16(18)20)15(17)10-13/h8-12,19H,2-7H2,1H3,(H2,18,20). The second-order valence-electron chi connectivity index (χ2n) is 5.71. The Morgan fingerprint density at radius 3 is 2.60 bits per heavy atom. The summed E-state index contributed by atoms with van der Waals surface area (Å²) in [6.45, 7) is 2.26. The van der Waals surface area contributed by atoms with E-state index in [0.29, 0.717) is 16.6 Å². The van der Waals surface area contributed by atoms with E-state index in [4.69, 9.17) is 17.3 Å². The van der Waals surface area contributed by atoms with E-state index in [2.05, 4.69) is 12.2 Å². The second-order valence-corrected chi connectivity index (χ2v) is 6.12. The van der Waals surface area contributed by atoms with Gasteiger partial charge in [0.25, 0.3) is 0 Å². The molecule has 20 heavy (non-hydrogen) atoms. The molecule has 4 heteroatoms. The molecule has 2 rings (SSSR count). The number of nitrogens with two attached hydrogens (primary N) is 1. The van der Waals surface area contributed by atoms with Crippen molar-refractivity contribution < 1.29 is 4.79 Å². The third-order valence-corrected chi connectivity index (χ3v) is 4.46. The van der Waals surface area contributed by atoms with Gasteiger partial charge in [-0.25, -0.2) is 0 Å². The summed E-state index contributed by atoms with van der Waals surface area (Å²) < 4.78 is 0. The number of amides is 1. The molecule has 0 heterocycles. The van der Waals surface area contributed by atoms with Gasteiger partial charge in [-0.15, -0.1) is 0 Å². The Balaban J connectivity index is 1.91. The fraction of sp³-hybridized carbons (Fsp3) is 0.562. The van der Waals surface area contributed by atoms with Crippen molar-refractivity contribution in [3.63, 3.8) is 0 Å². The lowest BCUT2D eigenvalue weighted by Gasteiger charge is -2.29.